The van der Waals surface area contributed by atoms with Gasteiger partial charge in [-0.05, 0) is 31.5 Å². The van der Waals surface area contributed by atoms with Crippen LogP contribution in [0.25, 0.3) is 0 Å². The standard InChI is InChI=1S/C12H14FNO2/c1-8-3-4-10-11(7-8)16-9(2)12(15)14(10)6-5-13/h3-4,7,9H,5-6H2,1-2H3. The van der Waals surface area contributed by atoms with Gasteiger partial charge >= 0.3 is 0 Å². The number of carbonyl (C=O) groups excluding carboxylic acids is 1. The smallest absolute Gasteiger partial charge is 0.267 e. The van der Waals surface area contributed by atoms with Crippen molar-refractivity contribution in [2.75, 3.05) is 18.1 Å². The average molecular weight is 223 g/mol. The summed E-state index contributed by atoms with van der Waals surface area (Å²) < 4.78 is 17.9. The second-order valence-electron chi connectivity index (χ2n) is 3.91. The highest BCUT2D eigenvalue weighted by Crippen LogP contribution is 2.34. The van der Waals surface area contributed by atoms with Crippen LogP contribution in [-0.4, -0.2) is 25.2 Å². The monoisotopic (exact) mass is 223 g/mol. The van der Waals surface area contributed by atoms with Crippen LogP contribution in [0.3, 0.4) is 0 Å². The Hall–Kier alpha value is -1.58. The molecule has 86 valence electrons. The number of aryl methyl sites for hydroxylation is 1. The van der Waals surface area contributed by atoms with Crippen LogP contribution in [0.2, 0.25) is 0 Å². The summed E-state index contributed by atoms with van der Waals surface area (Å²) in [5.41, 5.74) is 1.71. The summed E-state index contributed by atoms with van der Waals surface area (Å²) >= 11 is 0. The molecule has 3 nitrogen and oxygen atoms in total. The van der Waals surface area contributed by atoms with Crippen LogP contribution in [0.15, 0.2) is 18.2 Å². The molecule has 0 aliphatic carbocycles. The van der Waals surface area contributed by atoms with Crippen molar-refractivity contribution < 1.29 is 13.9 Å². The number of rotatable bonds is 2. The molecule has 1 heterocycles. The molecule has 1 amide bonds. The molecule has 1 atom stereocenters. The number of hydrogen-bond donors (Lipinski definition) is 0. The molecule has 0 bridgehead atoms. The fraction of sp³-hybridized carbons (Fsp3) is 0.417. The molecule has 0 saturated heterocycles. The van der Waals surface area contributed by atoms with E-state index in [2.05, 4.69) is 0 Å². The fourth-order valence-corrected chi connectivity index (χ4v) is 1.83. The first-order valence-corrected chi connectivity index (χ1v) is 5.28. The van der Waals surface area contributed by atoms with E-state index in [-0.39, 0.29) is 12.5 Å². The van der Waals surface area contributed by atoms with Crippen LogP contribution in [0.4, 0.5) is 10.1 Å². The van der Waals surface area contributed by atoms with Gasteiger partial charge in [-0.2, -0.15) is 0 Å². The summed E-state index contributed by atoms with van der Waals surface area (Å²) in [5.74, 6) is 0.467. The van der Waals surface area contributed by atoms with Gasteiger partial charge in [-0.15, -0.1) is 0 Å². The van der Waals surface area contributed by atoms with Crippen molar-refractivity contribution in [3.8, 4) is 5.75 Å². The molecule has 16 heavy (non-hydrogen) atoms. The predicted octanol–water partition coefficient (Wildman–Crippen LogP) is 2.08. The van der Waals surface area contributed by atoms with E-state index in [0.717, 1.165) is 5.56 Å². The van der Waals surface area contributed by atoms with Gasteiger partial charge < -0.3 is 9.64 Å². The van der Waals surface area contributed by atoms with Gasteiger partial charge in [-0.25, -0.2) is 4.39 Å². The molecule has 1 unspecified atom stereocenters. The first-order chi connectivity index (χ1) is 7.63. The van der Waals surface area contributed by atoms with Crippen molar-refractivity contribution in [3.63, 3.8) is 0 Å². The Kier molecular flexibility index (Phi) is 2.81. The van der Waals surface area contributed by atoms with E-state index in [1.165, 1.54) is 4.90 Å². The van der Waals surface area contributed by atoms with Gasteiger partial charge in [-0.3, -0.25) is 4.79 Å². The lowest BCUT2D eigenvalue weighted by atomic mass is 10.1. The van der Waals surface area contributed by atoms with Gasteiger partial charge in [0.1, 0.15) is 12.4 Å². The maximum absolute atomic E-state index is 12.4. The van der Waals surface area contributed by atoms with E-state index in [1.54, 1.807) is 13.0 Å². The number of carbonyl (C=O) groups is 1. The molecular formula is C12H14FNO2. The van der Waals surface area contributed by atoms with Gasteiger partial charge in [0, 0.05) is 0 Å². The van der Waals surface area contributed by atoms with Crippen LogP contribution in [0.1, 0.15) is 12.5 Å². The van der Waals surface area contributed by atoms with Crippen LogP contribution in [0, 0.1) is 6.92 Å². The lowest BCUT2D eigenvalue weighted by Gasteiger charge is -2.32. The molecule has 0 spiro atoms. The van der Waals surface area contributed by atoms with Crippen LogP contribution in [0.5, 0.6) is 5.75 Å². The summed E-state index contributed by atoms with van der Waals surface area (Å²) in [7, 11) is 0. The number of alkyl halides is 1. The SMILES string of the molecule is Cc1ccc2c(c1)OC(C)C(=O)N2CCF. The number of ether oxygens (including phenoxy) is 1. The van der Waals surface area contributed by atoms with Gasteiger partial charge in [0.2, 0.25) is 0 Å². The number of hydrogen-bond acceptors (Lipinski definition) is 2. The molecule has 4 heteroatoms. The summed E-state index contributed by atoms with van der Waals surface area (Å²) in [6.45, 7) is 3.16. The van der Waals surface area contributed by atoms with Crippen molar-refractivity contribution in [2.24, 2.45) is 0 Å². The van der Waals surface area contributed by atoms with Crippen molar-refractivity contribution in [1.82, 2.24) is 0 Å². The fourth-order valence-electron chi connectivity index (χ4n) is 1.83. The van der Waals surface area contributed by atoms with E-state index in [9.17, 15) is 9.18 Å². The number of nitrogens with zero attached hydrogens (tertiary/aromatic N) is 1. The summed E-state index contributed by atoms with van der Waals surface area (Å²) in [6.07, 6.45) is -0.541. The van der Waals surface area contributed by atoms with Gasteiger partial charge in [0.15, 0.2) is 6.10 Å². The topological polar surface area (TPSA) is 29.5 Å². The molecule has 0 saturated carbocycles. The molecular weight excluding hydrogens is 209 g/mol. The molecule has 2 rings (SSSR count). The Labute approximate surface area is 93.8 Å². The molecule has 1 aromatic rings. The zero-order valence-corrected chi connectivity index (χ0v) is 9.37. The Morgan fingerprint density at radius 2 is 2.25 bits per heavy atom. The predicted molar refractivity (Wildman–Crippen MR) is 59.6 cm³/mol. The second-order valence-corrected chi connectivity index (χ2v) is 3.91. The molecule has 1 aliphatic rings. The highest BCUT2D eigenvalue weighted by atomic mass is 19.1. The lowest BCUT2D eigenvalue weighted by Crippen LogP contribution is -2.45. The summed E-state index contributed by atoms with van der Waals surface area (Å²) in [6, 6.07) is 5.55. The van der Waals surface area contributed by atoms with Crippen molar-refractivity contribution >= 4 is 11.6 Å². The number of benzene rings is 1. The van der Waals surface area contributed by atoms with Crippen LogP contribution < -0.4 is 9.64 Å². The first kappa shape index (κ1) is 10.9. The Bertz CT molecular complexity index is 419. The van der Waals surface area contributed by atoms with Crippen LogP contribution in [-0.2, 0) is 4.79 Å². The van der Waals surface area contributed by atoms with E-state index in [1.807, 2.05) is 19.1 Å². The highest BCUT2D eigenvalue weighted by Gasteiger charge is 2.30. The minimum Gasteiger partial charge on any atom is -0.479 e. The lowest BCUT2D eigenvalue weighted by molar-refractivity contribution is -0.125. The molecule has 0 radical (unpaired) electrons. The van der Waals surface area contributed by atoms with E-state index in [4.69, 9.17) is 4.74 Å². The third kappa shape index (κ3) is 1.75. The summed E-state index contributed by atoms with van der Waals surface area (Å²) in [4.78, 5) is 13.2. The maximum atomic E-state index is 12.4. The third-order valence-corrected chi connectivity index (χ3v) is 2.63. The number of fused-ring (bicyclic) bond motifs is 1. The Morgan fingerprint density at radius 3 is 2.94 bits per heavy atom. The zero-order chi connectivity index (χ0) is 11.7. The third-order valence-electron chi connectivity index (χ3n) is 2.63. The van der Waals surface area contributed by atoms with Gasteiger partial charge in [0.25, 0.3) is 5.91 Å². The molecule has 1 aromatic carbocycles. The quantitative estimate of drug-likeness (QED) is 0.768. The van der Waals surface area contributed by atoms with Crippen LogP contribution >= 0.6 is 0 Å². The molecule has 0 N–H and O–H groups in total. The second kappa shape index (κ2) is 4.12. The van der Waals surface area contributed by atoms with Crippen molar-refractivity contribution in [3.05, 3.63) is 23.8 Å². The van der Waals surface area contributed by atoms with Crippen molar-refractivity contribution in [2.45, 2.75) is 20.0 Å². The van der Waals surface area contributed by atoms with E-state index < -0.39 is 12.8 Å². The van der Waals surface area contributed by atoms with Gasteiger partial charge in [0.05, 0.1) is 12.2 Å². The first-order valence-electron chi connectivity index (χ1n) is 5.28. The highest BCUT2D eigenvalue weighted by molar-refractivity contribution is 5.99. The maximum Gasteiger partial charge on any atom is 0.267 e. The van der Waals surface area contributed by atoms with E-state index in [0.29, 0.717) is 11.4 Å². The van der Waals surface area contributed by atoms with E-state index >= 15 is 0 Å². The minimum atomic E-state index is -0.550. The molecule has 1 aliphatic heterocycles. The number of halogens is 1. The Morgan fingerprint density at radius 1 is 1.50 bits per heavy atom. The minimum absolute atomic E-state index is 0.0859. The van der Waals surface area contributed by atoms with Gasteiger partial charge in [-0.1, -0.05) is 6.07 Å². The molecule has 0 aromatic heterocycles. The van der Waals surface area contributed by atoms with Crippen molar-refractivity contribution in [1.29, 1.82) is 0 Å². The summed E-state index contributed by atoms with van der Waals surface area (Å²) in [5, 5.41) is 0. The average Bonchev–Trinajstić information content (AvgIpc) is 2.24. The zero-order valence-electron chi connectivity index (χ0n) is 9.37. The molecule has 0 fully saturated rings. The Balaban J connectivity index is 2.43. The number of amides is 1. The largest absolute Gasteiger partial charge is 0.479 e. The normalized spacial score (nSPS) is 19.3. The number of anilines is 1.